The normalized spacial score (nSPS) is 29.4. The SMILES string of the molecule is CN1CC(N)CCC1c1cnn(C)c1. The van der Waals surface area contributed by atoms with Gasteiger partial charge in [-0.05, 0) is 19.9 Å². The lowest BCUT2D eigenvalue weighted by molar-refractivity contribution is 0.170. The number of nitrogens with two attached hydrogens (primary N) is 1. The maximum absolute atomic E-state index is 5.91. The van der Waals surface area contributed by atoms with Crippen LogP contribution in [0.2, 0.25) is 0 Å². The van der Waals surface area contributed by atoms with Crippen LogP contribution in [0.15, 0.2) is 12.4 Å². The molecule has 1 aromatic heterocycles. The van der Waals surface area contributed by atoms with Crippen LogP contribution in [0.1, 0.15) is 24.4 Å². The molecule has 2 atom stereocenters. The van der Waals surface area contributed by atoms with Crippen LogP contribution in [0.5, 0.6) is 0 Å². The number of nitrogens with zero attached hydrogens (tertiary/aromatic N) is 3. The summed E-state index contributed by atoms with van der Waals surface area (Å²) >= 11 is 0. The van der Waals surface area contributed by atoms with Gasteiger partial charge in [0.15, 0.2) is 0 Å². The van der Waals surface area contributed by atoms with Gasteiger partial charge in [0.05, 0.1) is 6.20 Å². The molecule has 0 amide bonds. The molecule has 0 radical (unpaired) electrons. The lowest BCUT2D eigenvalue weighted by atomic mass is 9.96. The molecule has 1 aliphatic rings. The highest BCUT2D eigenvalue weighted by Gasteiger charge is 2.25. The smallest absolute Gasteiger partial charge is 0.0537 e. The number of likely N-dealkylation sites (N-methyl/N-ethyl adjacent to an activating group) is 1. The fourth-order valence-electron chi connectivity index (χ4n) is 2.21. The Kier molecular flexibility index (Phi) is 2.56. The molecule has 4 heteroatoms. The molecule has 14 heavy (non-hydrogen) atoms. The second-order valence-electron chi connectivity index (χ2n) is 4.24. The van der Waals surface area contributed by atoms with Crippen molar-refractivity contribution < 1.29 is 0 Å². The first-order valence-electron chi connectivity index (χ1n) is 5.11. The number of aryl methyl sites for hydroxylation is 1. The average Bonchev–Trinajstić information content (AvgIpc) is 2.51. The minimum absolute atomic E-state index is 0.341. The van der Waals surface area contributed by atoms with Crippen LogP contribution in [0, 0.1) is 0 Å². The minimum Gasteiger partial charge on any atom is -0.327 e. The van der Waals surface area contributed by atoms with E-state index < -0.39 is 0 Å². The van der Waals surface area contributed by atoms with E-state index in [1.54, 1.807) is 0 Å². The van der Waals surface area contributed by atoms with Gasteiger partial charge in [0.2, 0.25) is 0 Å². The zero-order valence-electron chi connectivity index (χ0n) is 8.85. The van der Waals surface area contributed by atoms with Crippen molar-refractivity contribution in [2.45, 2.75) is 24.9 Å². The van der Waals surface area contributed by atoms with E-state index in [1.165, 1.54) is 5.56 Å². The summed E-state index contributed by atoms with van der Waals surface area (Å²) in [5.41, 5.74) is 7.22. The molecule has 1 aliphatic heterocycles. The summed E-state index contributed by atoms with van der Waals surface area (Å²) in [6.45, 7) is 0.986. The van der Waals surface area contributed by atoms with Crippen molar-refractivity contribution in [2.75, 3.05) is 13.6 Å². The van der Waals surface area contributed by atoms with Gasteiger partial charge in [0.25, 0.3) is 0 Å². The highest BCUT2D eigenvalue weighted by Crippen LogP contribution is 2.28. The summed E-state index contributed by atoms with van der Waals surface area (Å²) in [5, 5.41) is 4.20. The van der Waals surface area contributed by atoms with Crippen LogP contribution in [-0.4, -0.2) is 34.3 Å². The van der Waals surface area contributed by atoms with Crippen molar-refractivity contribution in [3.63, 3.8) is 0 Å². The van der Waals surface area contributed by atoms with Gasteiger partial charge < -0.3 is 5.73 Å². The fourth-order valence-corrected chi connectivity index (χ4v) is 2.21. The molecule has 0 aliphatic carbocycles. The number of rotatable bonds is 1. The van der Waals surface area contributed by atoms with Crippen molar-refractivity contribution in [2.24, 2.45) is 12.8 Å². The Bertz CT molecular complexity index is 307. The lowest BCUT2D eigenvalue weighted by Gasteiger charge is -2.35. The van der Waals surface area contributed by atoms with E-state index in [0.29, 0.717) is 12.1 Å². The third-order valence-electron chi connectivity index (χ3n) is 2.98. The van der Waals surface area contributed by atoms with Gasteiger partial charge in [0.1, 0.15) is 0 Å². The molecule has 2 N–H and O–H groups in total. The monoisotopic (exact) mass is 194 g/mol. The second-order valence-corrected chi connectivity index (χ2v) is 4.24. The molecule has 2 heterocycles. The summed E-state index contributed by atoms with van der Waals surface area (Å²) in [7, 11) is 4.09. The molecule has 78 valence electrons. The number of likely N-dealkylation sites (tertiary alicyclic amines) is 1. The summed E-state index contributed by atoms with van der Waals surface area (Å²) < 4.78 is 1.86. The molecule has 2 rings (SSSR count). The first-order valence-corrected chi connectivity index (χ1v) is 5.11. The summed E-state index contributed by atoms with van der Waals surface area (Å²) in [6.07, 6.45) is 6.31. The number of aromatic nitrogens is 2. The van der Waals surface area contributed by atoms with Gasteiger partial charge in [0, 0.05) is 37.4 Å². The topological polar surface area (TPSA) is 47.1 Å². The lowest BCUT2D eigenvalue weighted by Crippen LogP contribution is -2.42. The highest BCUT2D eigenvalue weighted by molar-refractivity contribution is 5.11. The van der Waals surface area contributed by atoms with Gasteiger partial charge >= 0.3 is 0 Å². The third-order valence-corrected chi connectivity index (χ3v) is 2.98. The number of hydrogen-bond donors (Lipinski definition) is 1. The van der Waals surface area contributed by atoms with E-state index >= 15 is 0 Å². The standard InChI is InChI=1S/C10H18N4/c1-13-7-9(11)3-4-10(13)8-5-12-14(2)6-8/h5-6,9-10H,3-4,7,11H2,1-2H3. The Morgan fingerprint density at radius 3 is 2.79 bits per heavy atom. The summed E-state index contributed by atoms with van der Waals surface area (Å²) in [4.78, 5) is 2.32. The van der Waals surface area contributed by atoms with Crippen molar-refractivity contribution in [1.29, 1.82) is 0 Å². The van der Waals surface area contributed by atoms with Crippen LogP contribution in [0.3, 0.4) is 0 Å². The molecule has 1 fully saturated rings. The van der Waals surface area contributed by atoms with Gasteiger partial charge in [-0.2, -0.15) is 5.10 Å². The van der Waals surface area contributed by atoms with Crippen LogP contribution >= 0.6 is 0 Å². The fraction of sp³-hybridized carbons (Fsp3) is 0.700. The van der Waals surface area contributed by atoms with E-state index in [0.717, 1.165) is 19.4 Å². The third kappa shape index (κ3) is 1.81. The van der Waals surface area contributed by atoms with Gasteiger partial charge in [-0.3, -0.25) is 9.58 Å². The molecule has 2 unspecified atom stereocenters. The summed E-state index contributed by atoms with van der Waals surface area (Å²) in [5.74, 6) is 0. The van der Waals surface area contributed by atoms with Crippen molar-refractivity contribution in [3.8, 4) is 0 Å². The van der Waals surface area contributed by atoms with E-state index in [2.05, 4.69) is 23.2 Å². The molecule has 1 saturated heterocycles. The average molecular weight is 194 g/mol. The molecule has 0 aromatic carbocycles. The Morgan fingerprint density at radius 1 is 1.43 bits per heavy atom. The maximum Gasteiger partial charge on any atom is 0.0537 e. The molecule has 4 nitrogen and oxygen atoms in total. The van der Waals surface area contributed by atoms with Crippen molar-refractivity contribution in [3.05, 3.63) is 18.0 Å². The van der Waals surface area contributed by atoms with Gasteiger partial charge in [-0.25, -0.2) is 0 Å². The number of piperidine rings is 1. The Morgan fingerprint density at radius 2 is 2.21 bits per heavy atom. The first-order chi connectivity index (χ1) is 6.66. The van der Waals surface area contributed by atoms with Gasteiger partial charge in [-0.1, -0.05) is 0 Å². The molecule has 0 saturated carbocycles. The molecule has 0 bridgehead atoms. The van der Waals surface area contributed by atoms with Crippen LogP contribution in [0.25, 0.3) is 0 Å². The molecular weight excluding hydrogens is 176 g/mol. The van der Waals surface area contributed by atoms with E-state index in [-0.39, 0.29) is 0 Å². The zero-order chi connectivity index (χ0) is 10.1. The van der Waals surface area contributed by atoms with Crippen molar-refractivity contribution >= 4 is 0 Å². The minimum atomic E-state index is 0.341. The van der Waals surface area contributed by atoms with E-state index in [9.17, 15) is 0 Å². The van der Waals surface area contributed by atoms with Crippen LogP contribution < -0.4 is 5.73 Å². The first kappa shape index (κ1) is 9.68. The Balaban J connectivity index is 2.11. The Labute approximate surface area is 84.7 Å². The Hall–Kier alpha value is -0.870. The zero-order valence-corrected chi connectivity index (χ0v) is 8.85. The largest absolute Gasteiger partial charge is 0.327 e. The predicted octanol–water partition coefficient (Wildman–Crippen LogP) is 0.514. The highest BCUT2D eigenvalue weighted by atomic mass is 15.2. The van der Waals surface area contributed by atoms with Crippen LogP contribution in [-0.2, 0) is 7.05 Å². The molecule has 1 aromatic rings. The number of hydrogen-bond acceptors (Lipinski definition) is 3. The second kappa shape index (κ2) is 3.71. The van der Waals surface area contributed by atoms with Gasteiger partial charge in [-0.15, -0.1) is 0 Å². The molecule has 0 spiro atoms. The maximum atomic E-state index is 5.91. The predicted molar refractivity (Wildman–Crippen MR) is 55.8 cm³/mol. The van der Waals surface area contributed by atoms with E-state index in [4.69, 9.17) is 5.73 Å². The van der Waals surface area contributed by atoms with Crippen molar-refractivity contribution in [1.82, 2.24) is 14.7 Å². The summed E-state index contributed by atoms with van der Waals surface area (Å²) in [6, 6.07) is 0.844. The van der Waals surface area contributed by atoms with E-state index in [1.807, 2.05) is 17.9 Å². The molecular formula is C10H18N4. The quantitative estimate of drug-likeness (QED) is 0.708. The van der Waals surface area contributed by atoms with Crippen LogP contribution in [0.4, 0.5) is 0 Å².